The van der Waals surface area contributed by atoms with Crippen molar-refractivity contribution in [1.29, 1.82) is 0 Å². The zero-order valence-corrected chi connectivity index (χ0v) is 9.03. The van der Waals surface area contributed by atoms with E-state index < -0.39 is 11.4 Å². The first-order valence-electron chi connectivity index (χ1n) is 5.66. The van der Waals surface area contributed by atoms with E-state index in [1.54, 1.807) is 4.90 Å². The smallest absolute Gasteiger partial charge is 0.319 e. The molecular formula is C11H17NO3. The predicted octanol–water partition coefficient (Wildman–Crippen LogP) is 1.25. The van der Waals surface area contributed by atoms with Crippen LogP contribution in [0.2, 0.25) is 0 Å². The number of hydrogen-bond donors (Lipinski definition) is 1. The Morgan fingerprint density at radius 2 is 2.00 bits per heavy atom. The highest BCUT2D eigenvalue weighted by Gasteiger charge is 2.54. The van der Waals surface area contributed by atoms with E-state index in [4.69, 9.17) is 5.11 Å². The molecule has 0 unspecified atom stereocenters. The molecule has 0 saturated heterocycles. The van der Waals surface area contributed by atoms with Crippen molar-refractivity contribution in [2.75, 3.05) is 6.54 Å². The molecule has 0 heterocycles. The first-order chi connectivity index (χ1) is 7.12. The van der Waals surface area contributed by atoms with Crippen LogP contribution in [0.15, 0.2) is 0 Å². The molecule has 2 fully saturated rings. The summed E-state index contributed by atoms with van der Waals surface area (Å²) >= 11 is 0. The summed E-state index contributed by atoms with van der Waals surface area (Å²) < 4.78 is 0. The van der Waals surface area contributed by atoms with Gasteiger partial charge in [0, 0.05) is 12.6 Å². The number of nitrogens with zero attached hydrogens (tertiary/aromatic N) is 1. The van der Waals surface area contributed by atoms with Gasteiger partial charge in [-0.2, -0.15) is 0 Å². The molecule has 1 N–H and O–H groups in total. The molecule has 0 aromatic carbocycles. The average molecular weight is 211 g/mol. The highest BCUT2D eigenvalue weighted by Crippen LogP contribution is 2.44. The van der Waals surface area contributed by atoms with Crippen LogP contribution in [0.4, 0.5) is 0 Å². The van der Waals surface area contributed by atoms with E-state index in [0.29, 0.717) is 25.4 Å². The van der Waals surface area contributed by atoms with E-state index in [1.807, 2.05) is 6.92 Å². The van der Waals surface area contributed by atoms with Gasteiger partial charge in [0.25, 0.3) is 0 Å². The Bertz CT molecular complexity index is 292. The maximum absolute atomic E-state index is 12.1. The van der Waals surface area contributed by atoms with E-state index in [1.165, 1.54) is 0 Å². The largest absolute Gasteiger partial charge is 0.480 e. The summed E-state index contributed by atoms with van der Waals surface area (Å²) in [6.45, 7) is 2.56. The summed E-state index contributed by atoms with van der Waals surface area (Å²) in [6.07, 6.45) is 3.97. The lowest BCUT2D eigenvalue weighted by molar-refractivity contribution is -0.167. The van der Waals surface area contributed by atoms with Crippen molar-refractivity contribution >= 4 is 11.9 Å². The fourth-order valence-electron chi connectivity index (χ4n) is 2.28. The highest BCUT2D eigenvalue weighted by atomic mass is 16.4. The number of hydrogen-bond acceptors (Lipinski definition) is 2. The molecule has 2 aliphatic carbocycles. The van der Waals surface area contributed by atoms with Crippen LogP contribution in [-0.2, 0) is 9.59 Å². The van der Waals surface area contributed by atoms with Crippen LogP contribution >= 0.6 is 0 Å². The number of carbonyl (C=O) groups excluding carboxylic acids is 1. The van der Waals surface area contributed by atoms with Crippen LogP contribution in [0.1, 0.15) is 39.0 Å². The Labute approximate surface area is 89.3 Å². The van der Waals surface area contributed by atoms with Crippen LogP contribution in [0.3, 0.4) is 0 Å². The molecule has 0 aromatic rings. The molecule has 1 amide bonds. The van der Waals surface area contributed by atoms with Crippen molar-refractivity contribution in [3.05, 3.63) is 0 Å². The topological polar surface area (TPSA) is 57.6 Å². The van der Waals surface area contributed by atoms with Crippen LogP contribution < -0.4 is 0 Å². The summed E-state index contributed by atoms with van der Waals surface area (Å²) in [7, 11) is 0. The number of carboxylic acids is 1. The lowest BCUT2D eigenvalue weighted by atomic mass is 9.67. The molecule has 0 aliphatic heterocycles. The van der Waals surface area contributed by atoms with Crippen molar-refractivity contribution in [3.63, 3.8) is 0 Å². The van der Waals surface area contributed by atoms with Gasteiger partial charge in [-0.25, -0.2) is 0 Å². The van der Waals surface area contributed by atoms with Crippen molar-refractivity contribution in [3.8, 4) is 0 Å². The molecule has 0 atom stereocenters. The zero-order chi connectivity index (χ0) is 11.1. The van der Waals surface area contributed by atoms with Crippen LogP contribution in [-0.4, -0.2) is 34.5 Å². The minimum atomic E-state index is -1.07. The van der Waals surface area contributed by atoms with Crippen molar-refractivity contribution < 1.29 is 14.7 Å². The Hall–Kier alpha value is -1.06. The summed E-state index contributed by atoms with van der Waals surface area (Å²) in [6, 6.07) is 0.319. The molecule has 0 radical (unpaired) electrons. The van der Waals surface area contributed by atoms with Gasteiger partial charge >= 0.3 is 5.97 Å². The maximum atomic E-state index is 12.1. The Kier molecular flexibility index (Phi) is 2.44. The third kappa shape index (κ3) is 1.52. The summed E-state index contributed by atoms with van der Waals surface area (Å²) in [5.74, 6) is -1.08. The molecule has 4 heteroatoms. The number of aliphatic carboxylic acids is 1. The molecule has 2 aliphatic rings. The Balaban J connectivity index is 2.13. The van der Waals surface area contributed by atoms with E-state index in [2.05, 4.69) is 0 Å². The molecule has 0 bridgehead atoms. The van der Waals surface area contributed by atoms with E-state index in [0.717, 1.165) is 19.3 Å². The SMILES string of the molecule is CCN(C(=O)C1(C(=O)O)CCC1)C1CC1. The second-order valence-corrected chi connectivity index (χ2v) is 4.56. The lowest BCUT2D eigenvalue weighted by Crippen LogP contribution is -2.53. The number of rotatable bonds is 4. The van der Waals surface area contributed by atoms with Crippen LogP contribution in [0.5, 0.6) is 0 Å². The number of amides is 1. The third-order valence-corrected chi connectivity index (χ3v) is 3.62. The van der Waals surface area contributed by atoms with Gasteiger partial charge in [0.1, 0.15) is 5.41 Å². The third-order valence-electron chi connectivity index (χ3n) is 3.62. The van der Waals surface area contributed by atoms with Gasteiger partial charge in [-0.1, -0.05) is 6.42 Å². The average Bonchev–Trinajstić information content (AvgIpc) is 2.86. The van der Waals surface area contributed by atoms with Crippen LogP contribution in [0.25, 0.3) is 0 Å². The fourth-order valence-corrected chi connectivity index (χ4v) is 2.28. The zero-order valence-electron chi connectivity index (χ0n) is 9.03. The maximum Gasteiger partial charge on any atom is 0.319 e. The van der Waals surface area contributed by atoms with E-state index in [9.17, 15) is 9.59 Å². The molecular weight excluding hydrogens is 194 g/mol. The fraction of sp³-hybridized carbons (Fsp3) is 0.818. The minimum absolute atomic E-state index is 0.147. The van der Waals surface area contributed by atoms with Gasteiger partial charge in [-0.15, -0.1) is 0 Å². The summed E-state index contributed by atoms with van der Waals surface area (Å²) in [5, 5.41) is 9.15. The molecule has 0 aromatic heterocycles. The van der Waals surface area contributed by atoms with Gasteiger partial charge in [0.2, 0.25) is 5.91 Å². The molecule has 2 saturated carbocycles. The summed E-state index contributed by atoms with van der Waals surface area (Å²) in [4.78, 5) is 25.1. The summed E-state index contributed by atoms with van der Waals surface area (Å²) in [5.41, 5.74) is -1.07. The van der Waals surface area contributed by atoms with Gasteiger partial charge in [-0.3, -0.25) is 9.59 Å². The Morgan fingerprint density at radius 1 is 1.40 bits per heavy atom. The quantitative estimate of drug-likeness (QED) is 0.712. The normalized spacial score (nSPS) is 23.0. The second kappa shape index (κ2) is 3.51. The minimum Gasteiger partial charge on any atom is -0.480 e. The molecule has 84 valence electrons. The first kappa shape index (κ1) is 10.5. The van der Waals surface area contributed by atoms with Gasteiger partial charge in [0.15, 0.2) is 0 Å². The number of carboxylic acid groups (broad SMARTS) is 1. The van der Waals surface area contributed by atoms with Crippen molar-refractivity contribution in [2.24, 2.45) is 5.41 Å². The van der Waals surface area contributed by atoms with Crippen molar-refractivity contribution in [1.82, 2.24) is 4.90 Å². The molecule has 0 spiro atoms. The monoisotopic (exact) mass is 211 g/mol. The molecule has 15 heavy (non-hydrogen) atoms. The standard InChI is InChI=1S/C11H17NO3/c1-2-12(8-4-5-8)9(13)11(10(14)15)6-3-7-11/h8H,2-7H2,1H3,(H,14,15). The number of carbonyl (C=O) groups is 2. The first-order valence-corrected chi connectivity index (χ1v) is 5.66. The predicted molar refractivity (Wildman–Crippen MR) is 54.3 cm³/mol. The Morgan fingerprint density at radius 3 is 2.27 bits per heavy atom. The highest BCUT2D eigenvalue weighted by molar-refractivity contribution is 6.03. The lowest BCUT2D eigenvalue weighted by Gasteiger charge is -2.39. The molecule has 4 nitrogen and oxygen atoms in total. The van der Waals surface area contributed by atoms with E-state index in [-0.39, 0.29) is 5.91 Å². The van der Waals surface area contributed by atoms with E-state index >= 15 is 0 Å². The van der Waals surface area contributed by atoms with Gasteiger partial charge in [0.05, 0.1) is 0 Å². The second-order valence-electron chi connectivity index (χ2n) is 4.56. The van der Waals surface area contributed by atoms with Crippen LogP contribution in [0, 0.1) is 5.41 Å². The van der Waals surface area contributed by atoms with Crippen molar-refractivity contribution in [2.45, 2.75) is 45.1 Å². The molecule has 2 rings (SSSR count). The van der Waals surface area contributed by atoms with Gasteiger partial charge in [-0.05, 0) is 32.6 Å². The van der Waals surface area contributed by atoms with Gasteiger partial charge < -0.3 is 10.0 Å².